The van der Waals surface area contributed by atoms with E-state index in [4.69, 9.17) is 11.6 Å². The Bertz CT molecular complexity index is 409. The van der Waals surface area contributed by atoms with Gasteiger partial charge in [-0.1, -0.05) is 11.6 Å². The lowest BCUT2D eigenvalue weighted by atomic mass is 10.3. The molecule has 0 radical (unpaired) electrons. The highest BCUT2D eigenvalue weighted by Gasteiger charge is 2.17. The van der Waals surface area contributed by atoms with Crippen molar-refractivity contribution in [1.29, 1.82) is 0 Å². The number of amides is 1. The Labute approximate surface area is 128 Å². The summed E-state index contributed by atoms with van der Waals surface area (Å²) in [6.45, 7) is 4.47. The van der Waals surface area contributed by atoms with E-state index < -0.39 is 0 Å². The molecule has 108 valence electrons. The van der Waals surface area contributed by atoms with Crippen LogP contribution in [0.3, 0.4) is 0 Å². The van der Waals surface area contributed by atoms with Crippen LogP contribution in [0.1, 0.15) is 5.01 Å². The van der Waals surface area contributed by atoms with Crippen molar-refractivity contribution in [1.82, 2.24) is 20.1 Å². The minimum atomic E-state index is 0. The molecule has 1 fully saturated rings. The molecule has 5 nitrogen and oxygen atoms in total. The maximum atomic E-state index is 12.0. The van der Waals surface area contributed by atoms with Gasteiger partial charge < -0.3 is 10.2 Å². The fraction of sp³-hybridized carbons (Fsp3) is 0.636. The Morgan fingerprint density at radius 1 is 1.58 bits per heavy atom. The zero-order valence-electron chi connectivity index (χ0n) is 10.8. The summed E-state index contributed by atoms with van der Waals surface area (Å²) in [7, 11) is 1.93. The highest BCUT2D eigenvalue weighted by atomic mass is 35.5. The van der Waals surface area contributed by atoms with E-state index in [1.165, 1.54) is 11.3 Å². The van der Waals surface area contributed by atoms with Crippen molar-refractivity contribution in [2.75, 3.05) is 39.8 Å². The van der Waals surface area contributed by atoms with Crippen LogP contribution in [0.15, 0.2) is 6.20 Å². The SMILES string of the molecule is CN(CC(=O)N1CCNCC1)Cc1ncc(Cl)s1.Cl. The van der Waals surface area contributed by atoms with Crippen LogP contribution in [0, 0.1) is 0 Å². The number of nitrogens with one attached hydrogen (secondary N) is 1. The van der Waals surface area contributed by atoms with Gasteiger partial charge in [-0.25, -0.2) is 4.98 Å². The van der Waals surface area contributed by atoms with Gasteiger partial charge in [-0.2, -0.15) is 0 Å². The van der Waals surface area contributed by atoms with Gasteiger partial charge in [0, 0.05) is 26.2 Å². The quantitative estimate of drug-likeness (QED) is 0.900. The summed E-state index contributed by atoms with van der Waals surface area (Å²) in [4.78, 5) is 20.1. The summed E-state index contributed by atoms with van der Waals surface area (Å²) >= 11 is 7.28. The van der Waals surface area contributed by atoms with Crippen LogP contribution in [-0.2, 0) is 11.3 Å². The lowest BCUT2D eigenvalue weighted by Crippen LogP contribution is -2.49. The molecule has 1 aromatic heterocycles. The number of rotatable bonds is 4. The van der Waals surface area contributed by atoms with Gasteiger partial charge in [0.25, 0.3) is 0 Å². The van der Waals surface area contributed by atoms with E-state index in [0.29, 0.717) is 17.4 Å². The first-order valence-electron chi connectivity index (χ1n) is 5.92. The Kier molecular flexibility index (Phi) is 7.02. The van der Waals surface area contributed by atoms with Gasteiger partial charge in [-0.05, 0) is 7.05 Å². The van der Waals surface area contributed by atoms with Gasteiger partial charge in [0.05, 0.1) is 19.3 Å². The summed E-state index contributed by atoms with van der Waals surface area (Å²) in [6.07, 6.45) is 1.65. The molecule has 0 atom stereocenters. The van der Waals surface area contributed by atoms with Gasteiger partial charge in [0.2, 0.25) is 5.91 Å². The van der Waals surface area contributed by atoms with Crippen molar-refractivity contribution in [2.24, 2.45) is 0 Å². The molecule has 8 heteroatoms. The molecule has 2 heterocycles. The number of aromatic nitrogens is 1. The number of hydrogen-bond acceptors (Lipinski definition) is 5. The van der Waals surface area contributed by atoms with Gasteiger partial charge in [0.15, 0.2) is 0 Å². The highest BCUT2D eigenvalue weighted by molar-refractivity contribution is 7.15. The summed E-state index contributed by atoms with van der Waals surface area (Å²) in [6, 6.07) is 0. The molecule has 1 aliphatic heterocycles. The summed E-state index contributed by atoms with van der Waals surface area (Å²) in [5.41, 5.74) is 0. The minimum Gasteiger partial charge on any atom is -0.339 e. The molecule has 0 spiro atoms. The van der Waals surface area contributed by atoms with Crippen LogP contribution < -0.4 is 5.32 Å². The minimum absolute atomic E-state index is 0. The first-order valence-corrected chi connectivity index (χ1v) is 7.12. The second-order valence-electron chi connectivity index (χ2n) is 4.36. The molecule has 1 amide bonds. The molecule has 1 aliphatic rings. The number of likely N-dealkylation sites (N-methyl/N-ethyl adjacent to an activating group) is 1. The topological polar surface area (TPSA) is 48.5 Å². The third-order valence-electron chi connectivity index (χ3n) is 2.81. The molecular formula is C11H18Cl2N4OS. The van der Waals surface area contributed by atoms with Crippen molar-refractivity contribution in [3.8, 4) is 0 Å². The fourth-order valence-corrected chi connectivity index (χ4v) is 2.93. The maximum Gasteiger partial charge on any atom is 0.236 e. The van der Waals surface area contributed by atoms with Crippen LogP contribution in [0.5, 0.6) is 0 Å². The standard InChI is InChI=1S/C11H17ClN4OS.ClH/c1-15(7-10-14-6-9(12)18-10)8-11(17)16-4-2-13-3-5-16;/h6,13H,2-5,7-8H2,1H3;1H. The van der Waals surface area contributed by atoms with Crippen LogP contribution in [0.2, 0.25) is 4.34 Å². The zero-order valence-corrected chi connectivity index (χ0v) is 13.2. The molecule has 0 aromatic carbocycles. The van der Waals surface area contributed by atoms with E-state index in [1.54, 1.807) is 6.20 Å². The molecular weight excluding hydrogens is 307 g/mol. The second-order valence-corrected chi connectivity index (χ2v) is 6.11. The number of halogens is 2. The molecule has 0 saturated carbocycles. The van der Waals surface area contributed by atoms with Gasteiger partial charge in [0.1, 0.15) is 9.34 Å². The van der Waals surface area contributed by atoms with E-state index in [-0.39, 0.29) is 18.3 Å². The molecule has 0 bridgehead atoms. The van der Waals surface area contributed by atoms with Gasteiger partial charge in [-0.15, -0.1) is 23.7 Å². The molecule has 1 saturated heterocycles. The van der Waals surface area contributed by atoms with Crippen LogP contribution in [0.25, 0.3) is 0 Å². The average Bonchev–Trinajstić information content (AvgIpc) is 2.75. The molecule has 1 N–H and O–H groups in total. The highest BCUT2D eigenvalue weighted by Crippen LogP contribution is 2.19. The van der Waals surface area contributed by atoms with Gasteiger partial charge >= 0.3 is 0 Å². The Morgan fingerprint density at radius 3 is 2.84 bits per heavy atom. The first kappa shape index (κ1) is 16.7. The normalized spacial score (nSPS) is 15.4. The van der Waals surface area contributed by atoms with Crippen molar-refractivity contribution in [2.45, 2.75) is 6.54 Å². The van der Waals surface area contributed by atoms with Crippen molar-refractivity contribution < 1.29 is 4.79 Å². The van der Waals surface area contributed by atoms with Crippen LogP contribution >= 0.6 is 35.3 Å². The molecule has 19 heavy (non-hydrogen) atoms. The van der Waals surface area contributed by atoms with E-state index in [2.05, 4.69) is 10.3 Å². The lowest BCUT2D eigenvalue weighted by molar-refractivity contribution is -0.132. The summed E-state index contributed by atoms with van der Waals surface area (Å²) in [5.74, 6) is 0.182. The molecule has 1 aromatic rings. The predicted molar refractivity (Wildman–Crippen MR) is 80.2 cm³/mol. The van der Waals surface area contributed by atoms with Gasteiger partial charge in [-0.3, -0.25) is 9.69 Å². The number of hydrogen-bond donors (Lipinski definition) is 1. The van der Waals surface area contributed by atoms with Crippen molar-refractivity contribution >= 4 is 41.3 Å². The zero-order chi connectivity index (χ0) is 13.0. The fourth-order valence-electron chi connectivity index (χ4n) is 1.89. The summed E-state index contributed by atoms with van der Waals surface area (Å²) < 4.78 is 0.687. The van der Waals surface area contributed by atoms with E-state index in [0.717, 1.165) is 31.2 Å². The smallest absolute Gasteiger partial charge is 0.236 e. The first-order chi connectivity index (χ1) is 8.65. The van der Waals surface area contributed by atoms with Crippen molar-refractivity contribution in [3.05, 3.63) is 15.5 Å². The molecule has 0 unspecified atom stereocenters. The maximum absolute atomic E-state index is 12.0. The largest absolute Gasteiger partial charge is 0.339 e. The Hall–Kier alpha value is -0.400. The van der Waals surface area contributed by atoms with Crippen molar-refractivity contribution in [3.63, 3.8) is 0 Å². The van der Waals surface area contributed by atoms with Crippen LogP contribution in [0.4, 0.5) is 0 Å². The van der Waals surface area contributed by atoms with E-state index in [1.807, 2.05) is 16.8 Å². The van der Waals surface area contributed by atoms with Crippen LogP contribution in [-0.4, -0.2) is 60.5 Å². The number of carbonyl (C=O) groups is 1. The Morgan fingerprint density at radius 2 is 2.26 bits per heavy atom. The number of thiazole rings is 1. The Balaban J connectivity index is 0.00000180. The summed E-state index contributed by atoms with van der Waals surface area (Å²) in [5, 5.41) is 4.18. The predicted octanol–water partition coefficient (Wildman–Crippen LogP) is 1.08. The number of nitrogens with zero attached hydrogens (tertiary/aromatic N) is 3. The lowest BCUT2D eigenvalue weighted by Gasteiger charge is -2.29. The molecule has 2 rings (SSSR count). The van der Waals surface area contributed by atoms with E-state index >= 15 is 0 Å². The third-order valence-corrected chi connectivity index (χ3v) is 3.91. The second kappa shape index (κ2) is 8.01. The monoisotopic (exact) mass is 324 g/mol. The molecule has 0 aliphatic carbocycles. The average molecular weight is 325 g/mol. The number of carbonyl (C=O) groups excluding carboxylic acids is 1. The van der Waals surface area contributed by atoms with E-state index in [9.17, 15) is 4.79 Å². The number of piperazine rings is 1. The third kappa shape index (κ3) is 5.24.